The first kappa shape index (κ1) is 13.2. The molecular formula is C13H17N5O. The summed E-state index contributed by atoms with van der Waals surface area (Å²) in [5.74, 6) is 0.618. The average molecular weight is 259 g/mol. The maximum Gasteiger partial charge on any atom is 0.241 e. The fraction of sp³-hybridized carbons (Fsp3) is 0.308. The number of benzene rings is 1. The van der Waals surface area contributed by atoms with Crippen LogP contribution >= 0.6 is 0 Å². The first-order chi connectivity index (χ1) is 9.08. The maximum atomic E-state index is 11.8. The van der Waals surface area contributed by atoms with Gasteiger partial charge in [-0.05, 0) is 30.2 Å². The summed E-state index contributed by atoms with van der Waals surface area (Å²) in [6.45, 7) is 3.83. The van der Waals surface area contributed by atoms with Crippen molar-refractivity contribution in [1.82, 2.24) is 15.2 Å². The minimum absolute atomic E-state index is 0.105. The van der Waals surface area contributed by atoms with E-state index in [4.69, 9.17) is 5.73 Å². The van der Waals surface area contributed by atoms with Gasteiger partial charge in [-0.25, -0.2) is 4.98 Å². The zero-order valence-electron chi connectivity index (χ0n) is 10.9. The summed E-state index contributed by atoms with van der Waals surface area (Å²) < 4.78 is 0. The molecular weight excluding hydrogens is 242 g/mol. The molecule has 4 N–H and O–H groups in total. The molecule has 0 aliphatic carbocycles. The molecule has 0 saturated heterocycles. The number of H-pyrrole nitrogens is 1. The Hall–Kier alpha value is -2.21. The lowest BCUT2D eigenvalue weighted by Crippen LogP contribution is -2.39. The van der Waals surface area contributed by atoms with Gasteiger partial charge in [-0.2, -0.15) is 5.10 Å². The number of hydrogen-bond donors (Lipinski definition) is 3. The highest BCUT2D eigenvalue weighted by atomic mass is 16.2. The first-order valence-corrected chi connectivity index (χ1v) is 6.10. The highest BCUT2D eigenvalue weighted by molar-refractivity contribution is 5.95. The van der Waals surface area contributed by atoms with Crippen LogP contribution in [0.2, 0.25) is 0 Å². The van der Waals surface area contributed by atoms with Crippen LogP contribution in [0.15, 0.2) is 30.6 Å². The molecule has 0 aliphatic heterocycles. The summed E-state index contributed by atoms with van der Waals surface area (Å²) in [4.78, 5) is 15.9. The second-order valence-electron chi connectivity index (χ2n) is 4.67. The lowest BCUT2D eigenvalue weighted by Gasteiger charge is -2.15. The Morgan fingerprint density at radius 3 is 2.53 bits per heavy atom. The van der Waals surface area contributed by atoms with E-state index in [1.54, 1.807) is 0 Å². The molecule has 0 fully saturated rings. The van der Waals surface area contributed by atoms with E-state index in [0.29, 0.717) is 11.5 Å². The van der Waals surface area contributed by atoms with E-state index in [0.717, 1.165) is 5.56 Å². The number of nitrogens with zero attached hydrogens (tertiary/aromatic N) is 2. The van der Waals surface area contributed by atoms with E-state index in [1.807, 2.05) is 38.1 Å². The molecule has 2 rings (SSSR count). The van der Waals surface area contributed by atoms with Crippen molar-refractivity contribution in [2.45, 2.75) is 19.9 Å². The van der Waals surface area contributed by atoms with Gasteiger partial charge in [0.15, 0.2) is 5.82 Å². The quantitative estimate of drug-likeness (QED) is 0.773. The van der Waals surface area contributed by atoms with Crippen molar-refractivity contribution in [3.05, 3.63) is 30.6 Å². The average Bonchev–Trinajstić information content (AvgIpc) is 2.92. The van der Waals surface area contributed by atoms with Crippen molar-refractivity contribution < 1.29 is 4.79 Å². The third kappa shape index (κ3) is 3.17. The number of carbonyl (C=O) groups excluding carboxylic acids is 1. The molecule has 1 heterocycles. The Morgan fingerprint density at radius 1 is 1.32 bits per heavy atom. The van der Waals surface area contributed by atoms with Gasteiger partial charge in [0.2, 0.25) is 5.91 Å². The molecule has 0 spiro atoms. The van der Waals surface area contributed by atoms with Gasteiger partial charge in [-0.1, -0.05) is 13.8 Å². The lowest BCUT2D eigenvalue weighted by molar-refractivity contribution is -0.118. The van der Waals surface area contributed by atoms with E-state index in [1.165, 1.54) is 6.33 Å². The van der Waals surface area contributed by atoms with Crippen molar-refractivity contribution in [1.29, 1.82) is 0 Å². The molecule has 0 aliphatic rings. The summed E-state index contributed by atoms with van der Waals surface area (Å²) in [5.41, 5.74) is 7.40. The van der Waals surface area contributed by atoms with Gasteiger partial charge >= 0.3 is 0 Å². The van der Waals surface area contributed by atoms with E-state index < -0.39 is 6.04 Å². The van der Waals surface area contributed by atoms with Crippen LogP contribution in [-0.2, 0) is 4.79 Å². The number of aromatic amines is 1. The van der Waals surface area contributed by atoms with E-state index in [-0.39, 0.29) is 11.8 Å². The second kappa shape index (κ2) is 5.62. The monoisotopic (exact) mass is 259 g/mol. The Morgan fingerprint density at radius 2 is 2.00 bits per heavy atom. The van der Waals surface area contributed by atoms with E-state index in [2.05, 4.69) is 20.5 Å². The van der Waals surface area contributed by atoms with Crippen LogP contribution in [0.25, 0.3) is 11.4 Å². The largest absolute Gasteiger partial charge is 0.325 e. The van der Waals surface area contributed by atoms with Crippen LogP contribution < -0.4 is 11.1 Å². The summed E-state index contributed by atoms with van der Waals surface area (Å²) >= 11 is 0. The van der Waals surface area contributed by atoms with Crippen LogP contribution in [-0.4, -0.2) is 27.1 Å². The molecule has 0 saturated carbocycles. The number of hydrogen-bond acceptors (Lipinski definition) is 4. The fourth-order valence-corrected chi connectivity index (χ4v) is 1.58. The number of rotatable bonds is 4. The molecule has 6 nitrogen and oxygen atoms in total. The molecule has 1 aromatic carbocycles. The number of nitrogens with one attached hydrogen (secondary N) is 2. The molecule has 2 aromatic rings. The fourth-order valence-electron chi connectivity index (χ4n) is 1.58. The molecule has 1 aromatic heterocycles. The third-order valence-electron chi connectivity index (χ3n) is 2.86. The standard InChI is InChI=1S/C13H17N5O/c1-8(2)11(14)13(19)17-10-5-3-9(4-6-10)12-15-7-16-18-12/h3-8,11H,14H2,1-2H3,(H,17,19)(H,15,16,18)/t11-/m0/s1. The summed E-state index contributed by atoms with van der Waals surface area (Å²) in [6, 6.07) is 6.83. The molecule has 1 amide bonds. The van der Waals surface area contributed by atoms with Crippen LogP contribution in [0.4, 0.5) is 5.69 Å². The van der Waals surface area contributed by atoms with Crippen molar-refractivity contribution in [3.8, 4) is 11.4 Å². The molecule has 100 valence electrons. The highest BCUT2D eigenvalue weighted by Crippen LogP contribution is 2.17. The molecule has 19 heavy (non-hydrogen) atoms. The van der Waals surface area contributed by atoms with Gasteiger partial charge in [0, 0.05) is 11.3 Å². The normalized spacial score (nSPS) is 12.4. The van der Waals surface area contributed by atoms with Crippen LogP contribution in [0.3, 0.4) is 0 Å². The number of amides is 1. The Balaban J connectivity index is 2.05. The summed E-state index contributed by atoms with van der Waals surface area (Å²) in [5, 5.41) is 9.35. The minimum Gasteiger partial charge on any atom is -0.325 e. The SMILES string of the molecule is CC(C)[C@H](N)C(=O)Nc1ccc(-c2ncn[nH]2)cc1. The van der Waals surface area contributed by atoms with Gasteiger partial charge in [-0.3, -0.25) is 9.89 Å². The topological polar surface area (TPSA) is 96.7 Å². The van der Waals surface area contributed by atoms with Crippen LogP contribution in [0.5, 0.6) is 0 Å². The molecule has 1 atom stereocenters. The predicted molar refractivity (Wildman–Crippen MR) is 73.3 cm³/mol. The zero-order chi connectivity index (χ0) is 13.8. The molecule has 6 heteroatoms. The number of aromatic nitrogens is 3. The number of carbonyl (C=O) groups is 1. The summed E-state index contributed by atoms with van der Waals surface area (Å²) in [6.07, 6.45) is 1.45. The maximum absolute atomic E-state index is 11.8. The van der Waals surface area contributed by atoms with Crippen LogP contribution in [0, 0.1) is 5.92 Å². The highest BCUT2D eigenvalue weighted by Gasteiger charge is 2.17. The molecule has 0 unspecified atom stereocenters. The predicted octanol–water partition coefficient (Wildman–Crippen LogP) is 1.39. The Bertz CT molecular complexity index is 533. The van der Waals surface area contributed by atoms with E-state index >= 15 is 0 Å². The first-order valence-electron chi connectivity index (χ1n) is 6.10. The van der Waals surface area contributed by atoms with Gasteiger partial charge in [-0.15, -0.1) is 0 Å². The lowest BCUT2D eigenvalue weighted by atomic mass is 10.0. The Labute approximate surface area is 111 Å². The van der Waals surface area contributed by atoms with E-state index in [9.17, 15) is 4.79 Å². The number of nitrogens with two attached hydrogens (primary N) is 1. The third-order valence-corrected chi connectivity index (χ3v) is 2.86. The Kier molecular flexibility index (Phi) is 3.91. The molecule has 0 bridgehead atoms. The molecule has 0 radical (unpaired) electrons. The van der Waals surface area contributed by atoms with Crippen molar-refractivity contribution in [2.24, 2.45) is 11.7 Å². The van der Waals surface area contributed by atoms with Crippen LogP contribution in [0.1, 0.15) is 13.8 Å². The van der Waals surface area contributed by atoms with Gasteiger partial charge in [0.05, 0.1) is 6.04 Å². The van der Waals surface area contributed by atoms with Gasteiger partial charge < -0.3 is 11.1 Å². The smallest absolute Gasteiger partial charge is 0.241 e. The van der Waals surface area contributed by atoms with Gasteiger partial charge in [0.1, 0.15) is 6.33 Å². The van der Waals surface area contributed by atoms with Crippen molar-refractivity contribution >= 4 is 11.6 Å². The zero-order valence-corrected chi connectivity index (χ0v) is 10.9. The number of anilines is 1. The van der Waals surface area contributed by atoms with Gasteiger partial charge in [0.25, 0.3) is 0 Å². The minimum atomic E-state index is -0.506. The second-order valence-corrected chi connectivity index (χ2v) is 4.67. The van der Waals surface area contributed by atoms with Crippen molar-refractivity contribution in [3.63, 3.8) is 0 Å². The summed E-state index contributed by atoms with van der Waals surface area (Å²) in [7, 11) is 0. The van der Waals surface area contributed by atoms with Crippen molar-refractivity contribution in [2.75, 3.05) is 5.32 Å².